The van der Waals surface area contributed by atoms with Crippen LogP contribution >= 0.6 is 15.6 Å². The Balaban J connectivity index is 5.21. The number of carbonyl (C=O) groups is 4. The van der Waals surface area contributed by atoms with Crippen LogP contribution in [0.1, 0.15) is 409 Å². The summed E-state index contributed by atoms with van der Waals surface area (Å²) in [6.45, 7) is 14.2. The molecule has 0 spiro atoms. The van der Waals surface area contributed by atoms with Crippen LogP contribution in [0.25, 0.3) is 0 Å². The normalized spacial score (nSPS) is 14.3. The van der Waals surface area contributed by atoms with Crippen molar-refractivity contribution in [3.8, 4) is 0 Å². The van der Waals surface area contributed by atoms with E-state index in [0.29, 0.717) is 31.6 Å². The van der Waals surface area contributed by atoms with Gasteiger partial charge in [-0.2, -0.15) is 0 Å². The van der Waals surface area contributed by atoms with Crippen molar-refractivity contribution in [2.75, 3.05) is 39.6 Å². The Labute approximate surface area is 607 Å². The molecule has 0 saturated carbocycles. The highest BCUT2D eigenvalue weighted by molar-refractivity contribution is 7.47. The van der Waals surface area contributed by atoms with Crippen molar-refractivity contribution in [1.82, 2.24) is 0 Å². The van der Waals surface area contributed by atoms with Crippen molar-refractivity contribution in [3.63, 3.8) is 0 Å². The van der Waals surface area contributed by atoms with Crippen molar-refractivity contribution < 1.29 is 80.2 Å². The Morgan fingerprint density at radius 1 is 0.283 bits per heavy atom. The van der Waals surface area contributed by atoms with Gasteiger partial charge < -0.3 is 33.8 Å². The van der Waals surface area contributed by atoms with E-state index in [4.69, 9.17) is 37.0 Å². The van der Waals surface area contributed by atoms with E-state index in [0.717, 1.165) is 114 Å². The largest absolute Gasteiger partial charge is 0.472 e. The quantitative estimate of drug-likeness (QED) is 0.0222. The van der Waals surface area contributed by atoms with E-state index >= 15 is 0 Å². The van der Waals surface area contributed by atoms with Crippen molar-refractivity contribution >= 4 is 39.5 Å². The highest BCUT2D eigenvalue weighted by Crippen LogP contribution is 2.45. The predicted molar refractivity (Wildman–Crippen MR) is 404 cm³/mol. The van der Waals surface area contributed by atoms with E-state index in [1.807, 2.05) is 0 Å². The molecule has 0 radical (unpaired) electrons. The van der Waals surface area contributed by atoms with Crippen molar-refractivity contribution in [2.45, 2.75) is 427 Å². The molecule has 0 fully saturated rings. The number of rotatable bonds is 77. The summed E-state index contributed by atoms with van der Waals surface area (Å²) in [6.07, 6.45) is 55.6. The van der Waals surface area contributed by atoms with Crippen LogP contribution < -0.4 is 0 Å². The van der Waals surface area contributed by atoms with E-state index in [-0.39, 0.29) is 25.7 Å². The molecule has 0 heterocycles. The lowest BCUT2D eigenvalue weighted by atomic mass is 9.99. The molecule has 0 bridgehead atoms. The molecule has 588 valence electrons. The molecule has 19 heteroatoms. The lowest BCUT2D eigenvalue weighted by Gasteiger charge is -2.21. The second kappa shape index (κ2) is 69.1. The van der Waals surface area contributed by atoms with Crippen molar-refractivity contribution in [1.29, 1.82) is 0 Å². The maximum absolute atomic E-state index is 13.1. The van der Waals surface area contributed by atoms with E-state index in [1.165, 1.54) is 205 Å². The van der Waals surface area contributed by atoms with Gasteiger partial charge in [-0.25, -0.2) is 9.13 Å². The minimum atomic E-state index is -4.96. The second-order valence-electron chi connectivity index (χ2n) is 30.5. The van der Waals surface area contributed by atoms with Gasteiger partial charge in [-0.3, -0.25) is 37.3 Å². The van der Waals surface area contributed by atoms with Crippen LogP contribution in [-0.2, 0) is 65.4 Å². The summed E-state index contributed by atoms with van der Waals surface area (Å²) < 4.78 is 68.6. The first kappa shape index (κ1) is 97.1. The highest BCUT2D eigenvalue weighted by atomic mass is 31.2. The highest BCUT2D eigenvalue weighted by Gasteiger charge is 2.30. The molecule has 6 atom stereocenters. The van der Waals surface area contributed by atoms with Crippen molar-refractivity contribution in [2.24, 2.45) is 23.7 Å². The SMILES string of the molecule is CCC(C)CCCCCCCCCCC(=O)OC[C@H](COP(=O)(O)OCC(O)COP(=O)(O)OC[C@@H](COC(=O)CCCCCCCCCC(C)C)OC(=O)CCCCCCCCCCCCCCCC(C)C)OC(=O)CCCCCCCCCCCCCCCCCCCCC(C)C. The minimum absolute atomic E-state index is 0.106. The number of hydrogen-bond acceptors (Lipinski definition) is 15. The smallest absolute Gasteiger partial charge is 0.462 e. The van der Waals surface area contributed by atoms with Crippen LogP contribution in [0.4, 0.5) is 0 Å². The third kappa shape index (κ3) is 72.8. The maximum Gasteiger partial charge on any atom is 0.472 e. The number of esters is 4. The summed E-state index contributed by atoms with van der Waals surface area (Å²) >= 11 is 0. The second-order valence-corrected chi connectivity index (χ2v) is 33.4. The molecular weight excluding hydrogens is 1290 g/mol. The molecule has 0 saturated heterocycles. The summed E-state index contributed by atoms with van der Waals surface area (Å²) in [5, 5.41) is 10.6. The predicted octanol–water partition coefficient (Wildman–Crippen LogP) is 23.6. The zero-order chi connectivity index (χ0) is 73.1. The van der Waals surface area contributed by atoms with Gasteiger partial charge >= 0.3 is 39.5 Å². The Hall–Kier alpha value is -1.94. The third-order valence-corrected chi connectivity index (χ3v) is 20.8. The number of hydrogen-bond donors (Lipinski definition) is 3. The standard InChI is InChI=1S/C80H156O17P2/c1-9-73(8)59-51-43-35-29-30-36-44-52-60-77(82)90-66-75(96-79(84)62-54-46-37-27-23-19-15-13-11-10-12-14-17-21-25-32-40-48-56-70(2)3)68-94-98(86,87)92-64-74(81)65-93-99(88,89)95-69-76(67-91-78(83)61-53-45-39-31-34-42-50-58-72(6)7)97-80(85)63-55-47-38-28-24-20-16-18-22-26-33-41-49-57-71(4)5/h70-76,81H,9-69H2,1-8H3,(H,86,87)(H,88,89)/t73?,74?,75-,76-/m1/s1. The van der Waals surface area contributed by atoms with Crippen molar-refractivity contribution in [3.05, 3.63) is 0 Å². The zero-order valence-electron chi connectivity index (χ0n) is 65.1. The third-order valence-electron chi connectivity index (χ3n) is 18.9. The Bertz CT molecular complexity index is 1940. The fourth-order valence-electron chi connectivity index (χ4n) is 12.2. The summed E-state index contributed by atoms with van der Waals surface area (Å²) in [5.74, 6) is 0.972. The van der Waals surface area contributed by atoms with Crippen LogP contribution in [0.3, 0.4) is 0 Å². The van der Waals surface area contributed by atoms with Gasteiger partial charge in [0, 0.05) is 25.7 Å². The molecular formula is C80H156O17P2. The number of carbonyl (C=O) groups excluding carboxylic acids is 4. The molecule has 0 rings (SSSR count). The number of ether oxygens (including phenoxy) is 4. The molecule has 17 nitrogen and oxygen atoms in total. The minimum Gasteiger partial charge on any atom is -0.462 e. The Kier molecular flexibility index (Phi) is 67.8. The van der Waals surface area contributed by atoms with Crippen LogP contribution in [0.2, 0.25) is 0 Å². The monoisotopic (exact) mass is 1450 g/mol. The van der Waals surface area contributed by atoms with Crippen LogP contribution in [-0.4, -0.2) is 96.7 Å². The van der Waals surface area contributed by atoms with Crippen LogP contribution in [0.15, 0.2) is 0 Å². The molecule has 3 N–H and O–H groups in total. The molecule has 0 aliphatic heterocycles. The Morgan fingerprint density at radius 3 is 0.717 bits per heavy atom. The number of aliphatic hydroxyl groups excluding tert-OH is 1. The van der Waals surface area contributed by atoms with E-state index < -0.39 is 97.5 Å². The maximum atomic E-state index is 13.1. The van der Waals surface area contributed by atoms with Gasteiger partial charge in [-0.1, -0.05) is 357 Å². The summed E-state index contributed by atoms with van der Waals surface area (Å²) in [7, 11) is -9.92. The number of phosphoric acid groups is 2. The first-order chi connectivity index (χ1) is 47.6. The number of unbranched alkanes of at least 4 members (excludes halogenated alkanes) is 42. The van der Waals surface area contributed by atoms with Gasteiger partial charge in [0.05, 0.1) is 26.4 Å². The summed E-state index contributed by atoms with van der Waals surface area (Å²) in [5.41, 5.74) is 0. The van der Waals surface area contributed by atoms with Gasteiger partial charge in [-0.05, 0) is 49.4 Å². The molecule has 0 aromatic heterocycles. The molecule has 0 amide bonds. The summed E-state index contributed by atoms with van der Waals surface area (Å²) in [6, 6.07) is 0. The molecule has 0 aromatic rings. The van der Waals surface area contributed by atoms with Crippen LogP contribution in [0, 0.1) is 23.7 Å². The van der Waals surface area contributed by atoms with Gasteiger partial charge in [-0.15, -0.1) is 0 Å². The average molecular weight is 1450 g/mol. The van der Waals surface area contributed by atoms with E-state index in [2.05, 4.69) is 55.4 Å². The average Bonchev–Trinajstić information content (AvgIpc) is 1.03. The first-order valence-corrected chi connectivity index (χ1v) is 44.2. The molecule has 0 aromatic carbocycles. The number of aliphatic hydroxyl groups is 1. The molecule has 0 aliphatic rings. The fraction of sp³-hybridized carbons (Fsp3) is 0.950. The Morgan fingerprint density at radius 2 is 0.485 bits per heavy atom. The lowest BCUT2D eigenvalue weighted by Crippen LogP contribution is -2.30. The van der Waals surface area contributed by atoms with Gasteiger partial charge in [0.15, 0.2) is 12.2 Å². The molecule has 4 unspecified atom stereocenters. The van der Waals surface area contributed by atoms with Crippen LogP contribution in [0.5, 0.6) is 0 Å². The van der Waals surface area contributed by atoms with Gasteiger partial charge in [0.25, 0.3) is 0 Å². The fourth-order valence-corrected chi connectivity index (χ4v) is 13.8. The topological polar surface area (TPSA) is 237 Å². The summed E-state index contributed by atoms with van der Waals surface area (Å²) in [4.78, 5) is 72.9. The lowest BCUT2D eigenvalue weighted by molar-refractivity contribution is -0.161. The van der Waals surface area contributed by atoms with Gasteiger partial charge in [0.1, 0.15) is 19.3 Å². The molecule has 0 aliphatic carbocycles. The van der Waals surface area contributed by atoms with E-state index in [1.54, 1.807) is 0 Å². The molecule has 99 heavy (non-hydrogen) atoms. The van der Waals surface area contributed by atoms with Gasteiger partial charge in [0.2, 0.25) is 0 Å². The number of phosphoric ester groups is 2. The zero-order valence-corrected chi connectivity index (χ0v) is 66.9. The first-order valence-electron chi connectivity index (χ1n) is 41.2. The van der Waals surface area contributed by atoms with E-state index in [9.17, 15) is 43.2 Å².